The predicted octanol–water partition coefficient (Wildman–Crippen LogP) is 3.59. The van der Waals surface area contributed by atoms with Crippen molar-refractivity contribution in [2.24, 2.45) is 0 Å². The Morgan fingerprint density at radius 2 is 2.00 bits per heavy atom. The van der Waals surface area contributed by atoms with Gasteiger partial charge in [0, 0.05) is 23.8 Å². The number of nitrogens with one attached hydrogen (secondary N) is 2. The summed E-state index contributed by atoms with van der Waals surface area (Å²) in [6.45, 7) is 4.27. The van der Waals surface area contributed by atoms with Crippen molar-refractivity contribution in [3.63, 3.8) is 0 Å². The van der Waals surface area contributed by atoms with Crippen molar-refractivity contribution < 1.29 is 4.74 Å². The van der Waals surface area contributed by atoms with Gasteiger partial charge in [-0.05, 0) is 47.5 Å². The number of ether oxygens (including phenoxy) is 1. The number of aromatic amines is 1. The lowest BCUT2D eigenvalue weighted by atomic mass is 10.1. The summed E-state index contributed by atoms with van der Waals surface area (Å²) in [7, 11) is 1.67. The topological polar surface area (TPSA) is 49.9 Å². The monoisotopic (exact) mass is 323 g/mol. The van der Waals surface area contributed by atoms with Crippen LogP contribution in [-0.2, 0) is 0 Å². The lowest BCUT2D eigenvalue weighted by Crippen LogP contribution is -2.22. The molecule has 1 aromatic heterocycles. The molecule has 0 aliphatic heterocycles. The van der Waals surface area contributed by atoms with Crippen molar-refractivity contribution in [2.75, 3.05) is 7.11 Å². The molecule has 0 spiro atoms. The van der Waals surface area contributed by atoms with E-state index in [2.05, 4.69) is 57.4 Å². The van der Waals surface area contributed by atoms with Crippen molar-refractivity contribution >= 4 is 15.9 Å². The van der Waals surface area contributed by atoms with E-state index in [1.165, 1.54) is 5.56 Å². The average molecular weight is 324 g/mol. The third-order valence-corrected chi connectivity index (χ3v) is 3.81. The fraction of sp³-hybridized carbons (Fsp3) is 0.357. The van der Waals surface area contributed by atoms with Crippen molar-refractivity contribution in [1.29, 1.82) is 0 Å². The van der Waals surface area contributed by atoms with Crippen LogP contribution in [0.4, 0.5) is 0 Å². The minimum Gasteiger partial charge on any atom is -0.496 e. The molecule has 0 amide bonds. The summed E-state index contributed by atoms with van der Waals surface area (Å²) < 4.78 is 6.21. The van der Waals surface area contributed by atoms with Gasteiger partial charge in [-0.2, -0.15) is 5.10 Å². The first kappa shape index (κ1) is 14.1. The number of H-pyrrole nitrogens is 1. The molecule has 0 saturated heterocycles. The summed E-state index contributed by atoms with van der Waals surface area (Å²) in [6.07, 6.45) is 3.75. The molecular weight excluding hydrogens is 306 g/mol. The van der Waals surface area contributed by atoms with Crippen LogP contribution in [0.2, 0.25) is 0 Å². The number of halogens is 1. The molecule has 0 bridgehead atoms. The van der Waals surface area contributed by atoms with E-state index in [0.717, 1.165) is 15.8 Å². The summed E-state index contributed by atoms with van der Waals surface area (Å²) in [5, 5.41) is 10.3. The minimum absolute atomic E-state index is 0.243. The summed E-state index contributed by atoms with van der Waals surface area (Å²) >= 11 is 3.51. The van der Waals surface area contributed by atoms with Crippen molar-refractivity contribution in [2.45, 2.75) is 25.9 Å². The molecule has 4 nitrogen and oxygen atoms in total. The number of aromatic nitrogens is 2. The molecule has 0 radical (unpaired) electrons. The molecule has 0 aliphatic rings. The number of methoxy groups -OCH3 is 1. The highest BCUT2D eigenvalue weighted by atomic mass is 79.9. The van der Waals surface area contributed by atoms with Gasteiger partial charge in [-0.25, -0.2) is 0 Å². The fourth-order valence-corrected chi connectivity index (χ4v) is 2.58. The van der Waals surface area contributed by atoms with E-state index < -0.39 is 0 Å². The average Bonchev–Trinajstić information content (AvgIpc) is 2.92. The van der Waals surface area contributed by atoms with Crippen LogP contribution in [0.1, 0.15) is 37.1 Å². The standard InChI is InChI=1S/C14H18BrN3O/c1-9(18-10(2)12-7-16-17-8-12)11-4-5-14(19-3)13(15)6-11/h4-10,18H,1-3H3,(H,16,17). The first-order valence-electron chi connectivity index (χ1n) is 6.20. The lowest BCUT2D eigenvalue weighted by molar-refractivity contribution is 0.411. The van der Waals surface area contributed by atoms with Crippen LogP contribution in [0, 0.1) is 0 Å². The highest BCUT2D eigenvalue weighted by molar-refractivity contribution is 9.10. The summed E-state index contributed by atoms with van der Waals surface area (Å²) in [6, 6.07) is 6.61. The second kappa shape index (κ2) is 6.21. The first-order valence-corrected chi connectivity index (χ1v) is 6.99. The van der Waals surface area contributed by atoms with Gasteiger partial charge >= 0.3 is 0 Å². The molecule has 2 atom stereocenters. The van der Waals surface area contributed by atoms with Crippen LogP contribution in [0.15, 0.2) is 35.1 Å². The molecule has 1 heterocycles. The zero-order chi connectivity index (χ0) is 13.8. The van der Waals surface area contributed by atoms with Gasteiger partial charge in [-0.3, -0.25) is 5.10 Å². The number of benzene rings is 1. The van der Waals surface area contributed by atoms with E-state index in [1.807, 2.05) is 18.5 Å². The Labute approximate surface area is 121 Å². The van der Waals surface area contributed by atoms with Gasteiger partial charge in [0.15, 0.2) is 0 Å². The quantitative estimate of drug-likeness (QED) is 0.884. The summed E-state index contributed by atoms with van der Waals surface area (Å²) in [4.78, 5) is 0. The van der Waals surface area contributed by atoms with Gasteiger partial charge in [-0.15, -0.1) is 0 Å². The van der Waals surface area contributed by atoms with Gasteiger partial charge in [0.1, 0.15) is 5.75 Å². The van der Waals surface area contributed by atoms with Gasteiger partial charge in [0.05, 0.1) is 17.8 Å². The molecule has 2 N–H and O–H groups in total. The van der Waals surface area contributed by atoms with Crippen molar-refractivity contribution in [3.05, 3.63) is 46.2 Å². The maximum Gasteiger partial charge on any atom is 0.133 e. The van der Waals surface area contributed by atoms with E-state index in [4.69, 9.17) is 4.74 Å². The van der Waals surface area contributed by atoms with E-state index >= 15 is 0 Å². The Bertz CT molecular complexity index is 527. The molecule has 2 aromatic rings. The van der Waals surface area contributed by atoms with Gasteiger partial charge in [0.2, 0.25) is 0 Å². The van der Waals surface area contributed by atoms with Crippen LogP contribution < -0.4 is 10.1 Å². The maximum absolute atomic E-state index is 5.24. The third kappa shape index (κ3) is 3.36. The molecule has 5 heteroatoms. The Balaban J connectivity index is 2.07. The number of rotatable bonds is 5. The molecular formula is C14H18BrN3O. The summed E-state index contributed by atoms with van der Waals surface area (Å²) in [5.41, 5.74) is 2.36. The molecule has 0 aliphatic carbocycles. The zero-order valence-electron chi connectivity index (χ0n) is 11.3. The first-order chi connectivity index (χ1) is 9.11. The SMILES string of the molecule is COc1ccc(C(C)NC(C)c2cn[nH]c2)cc1Br. The van der Waals surface area contributed by atoms with Crippen LogP contribution in [0.25, 0.3) is 0 Å². The highest BCUT2D eigenvalue weighted by Gasteiger charge is 2.13. The Hall–Kier alpha value is -1.33. The fourth-order valence-electron chi connectivity index (χ4n) is 2.02. The number of hydrogen-bond acceptors (Lipinski definition) is 3. The smallest absolute Gasteiger partial charge is 0.133 e. The largest absolute Gasteiger partial charge is 0.496 e. The normalized spacial score (nSPS) is 14.1. The van der Waals surface area contributed by atoms with E-state index in [1.54, 1.807) is 7.11 Å². The number of nitrogens with zero attached hydrogens (tertiary/aromatic N) is 1. The molecule has 2 unspecified atom stereocenters. The third-order valence-electron chi connectivity index (χ3n) is 3.20. The van der Waals surface area contributed by atoms with Crippen LogP contribution in [0.3, 0.4) is 0 Å². The Kier molecular flexibility index (Phi) is 4.61. The van der Waals surface area contributed by atoms with Gasteiger partial charge < -0.3 is 10.1 Å². The van der Waals surface area contributed by atoms with E-state index in [0.29, 0.717) is 0 Å². The molecule has 102 valence electrons. The highest BCUT2D eigenvalue weighted by Crippen LogP contribution is 2.28. The molecule has 1 aromatic carbocycles. The minimum atomic E-state index is 0.243. The van der Waals surface area contributed by atoms with Crippen molar-refractivity contribution in [3.8, 4) is 5.75 Å². The molecule has 0 saturated carbocycles. The zero-order valence-corrected chi connectivity index (χ0v) is 12.9. The molecule has 0 fully saturated rings. The van der Waals surface area contributed by atoms with Crippen LogP contribution in [-0.4, -0.2) is 17.3 Å². The van der Waals surface area contributed by atoms with E-state index in [9.17, 15) is 0 Å². The van der Waals surface area contributed by atoms with Gasteiger partial charge in [-0.1, -0.05) is 6.07 Å². The predicted molar refractivity (Wildman–Crippen MR) is 79.2 cm³/mol. The summed E-state index contributed by atoms with van der Waals surface area (Å²) in [5.74, 6) is 0.846. The molecule has 19 heavy (non-hydrogen) atoms. The van der Waals surface area contributed by atoms with Crippen LogP contribution in [0.5, 0.6) is 5.75 Å². The maximum atomic E-state index is 5.24. The lowest BCUT2D eigenvalue weighted by Gasteiger charge is -2.20. The van der Waals surface area contributed by atoms with E-state index in [-0.39, 0.29) is 12.1 Å². The number of hydrogen-bond donors (Lipinski definition) is 2. The molecule has 2 rings (SSSR count). The van der Waals surface area contributed by atoms with Gasteiger partial charge in [0.25, 0.3) is 0 Å². The Morgan fingerprint density at radius 3 is 2.58 bits per heavy atom. The second-order valence-corrected chi connectivity index (χ2v) is 5.39. The van der Waals surface area contributed by atoms with Crippen molar-refractivity contribution in [1.82, 2.24) is 15.5 Å². The van der Waals surface area contributed by atoms with Crippen LogP contribution >= 0.6 is 15.9 Å². The second-order valence-electron chi connectivity index (χ2n) is 4.54. The Morgan fingerprint density at radius 1 is 1.26 bits per heavy atom.